The maximum Gasteiger partial charge on any atom is 0.122 e. The molecule has 1 nitrogen and oxygen atoms in total. The van der Waals surface area contributed by atoms with Gasteiger partial charge in [0.25, 0.3) is 0 Å². The highest BCUT2D eigenvalue weighted by Crippen LogP contribution is 2.19. The largest absolute Gasteiger partial charge is 0.494 e. The van der Waals surface area contributed by atoms with Crippen molar-refractivity contribution in [2.75, 3.05) is 6.61 Å². The van der Waals surface area contributed by atoms with Crippen LogP contribution in [0.25, 0.3) is 0 Å². The molecule has 0 spiro atoms. The van der Waals surface area contributed by atoms with Crippen LogP contribution >= 0.6 is 0 Å². The van der Waals surface area contributed by atoms with Gasteiger partial charge in [-0.1, -0.05) is 121 Å². The molecule has 0 aliphatic heterocycles. The molecule has 0 atom stereocenters. The third-order valence-corrected chi connectivity index (χ3v) is 4.20. The monoisotopic (exact) mass is 442 g/mol. The van der Waals surface area contributed by atoms with Crippen LogP contribution in [-0.4, -0.2) is 6.61 Å². The van der Waals surface area contributed by atoms with Gasteiger partial charge in [0.2, 0.25) is 0 Å². The van der Waals surface area contributed by atoms with Crippen molar-refractivity contribution >= 4 is 0 Å². The first kappa shape index (κ1) is 34.6. The highest BCUT2D eigenvalue weighted by molar-refractivity contribution is 5.33. The smallest absolute Gasteiger partial charge is 0.122 e. The molecule has 0 aliphatic rings. The third kappa shape index (κ3) is 28.0. The van der Waals surface area contributed by atoms with Crippen LogP contribution in [0, 0.1) is 0 Å². The molecule has 0 amide bonds. The van der Waals surface area contributed by atoms with Crippen molar-refractivity contribution in [3.8, 4) is 5.75 Å². The number of hydrogen-bond acceptors (Lipinski definition) is 1. The summed E-state index contributed by atoms with van der Waals surface area (Å²) in [4.78, 5) is 0. The van der Waals surface area contributed by atoms with Gasteiger partial charge < -0.3 is 4.74 Å². The van der Waals surface area contributed by atoms with Gasteiger partial charge in [-0.15, -0.1) is 6.58 Å². The van der Waals surface area contributed by atoms with Gasteiger partial charge in [-0.05, 0) is 57.6 Å². The zero-order valence-electron chi connectivity index (χ0n) is 22.5. The summed E-state index contributed by atoms with van der Waals surface area (Å²) < 4.78 is 5.53. The zero-order chi connectivity index (χ0) is 24.7. The fourth-order valence-electron chi connectivity index (χ4n) is 2.49. The van der Waals surface area contributed by atoms with Crippen LogP contribution in [-0.2, 0) is 6.42 Å². The predicted molar refractivity (Wildman–Crippen MR) is 150 cm³/mol. The van der Waals surface area contributed by atoms with E-state index < -0.39 is 0 Å². The Morgan fingerprint density at radius 1 is 0.781 bits per heavy atom. The van der Waals surface area contributed by atoms with Crippen LogP contribution < -0.4 is 4.74 Å². The fraction of sp³-hybridized carbons (Fsp3) is 0.548. The molecule has 1 rings (SSSR count). The van der Waals surface area contributed by atoms with Crippen molar-refractivity contribution in [1.82, 2.24) is 0 Å². The average molecular weight is 443 g/mol. The minimum Gasteiger partial charge on any atom is -0.494 e. The lowest BCUT2D eigenvalue weighted by atomic mass is 10.1. The summed E-state index contributed by atoms with van der Waals surface area (Å²) in [7, 11) is 0. The Kier molecular flexibility index (Phi) is 36.3. The molecule has 32 heavy (non-hydrogen) atoms. The van der Waals surface area contributed by atoms with E-state index in [-0.39, 0.29) is 0 Å². The molecule has 0 saturated heterocycles. The van der Waals surface area contributed by atoms with Crippen molar-refractivity contribution in [2.24, 2.45) is 0 Å². The van der Waals surface area contributed by atoms with E-state index in [1.807, 2.05) is 58.1 Å². The minimum absolute atomic E-state index is 0.753. The maximum absolute atomic E-state index is 5.53. The van der Waals surface area contributed by atoms with Gasteiger partial charge >= 0.3 is 0 Å². The van der Waals surface area contributed by atoms with Gasteiger partial charge in [0.1, 0.15) is 5.75 Å². The van der Waals surface area contributed by atoms with Gasteiger partial charge in [-0.25, -0.2) is 0 Å². The zero-order valence-corrected chi connectivity index (χ0v) is 22.5. The molecule has 0 N–H and O–H groups in total. The summed E-state index contributed by atoms with van der Waals surface area (Å²) in [5.74, 6) is 1.05. The Morgan fingerprint density at radius 2 is 1.44 bits per heavy atom. The molecule has 0 bridgehead atoms. The van der Waals surface area contributed by atoms with Crippen LogP contribution in [0.3, 0.4) is 0 Å². The average Bonchev–Trinajstić information content (AvgIpc) is 2.83. The predicted octanol–water partition coefficient (Wildman–Crippen LogP) is 10.7. The first-order chi connectivity index (χ1) is 15.7. The van der Waals surface area contributed by atoms with E-state index in [4.69, 9.17) is 4.74 Å². The molecule has 0 unspecified atom stereocenters. The van der Waals surface area contributed by atoms with Crippen LogP contribution in [0.2, 0.25) is 0 Å². The lowest BCUT2D eigenvalue weighted by molar-refractivity contribution is 0.336. The lowest BCUT2D eigenvalue weighted by Gasteiger charge is -2.08. The number of benzene rings is 1. The molecule has 1 aromatic carbocycles. The summed E-state index contributed by atoms with van der Waals surface area (Å²) in [5.41, 5.74) is 1.34. The Balaban J connectivity index is -0.000000396. The molecule has 184 valence electrons. The molecule has 1 aromatic rings. The third-order valence-electron chi connectivity index (χ3n) is 4.20. The Hall–Kier alpha value is -2.02. The van der Waals surface area contributed by atoms with Crippen molar-refractivity contribution in [2.45, 2.75) is 106 Å². The molecule has 0 saturated carbocycles. The Bertz CT molecular complexity index is 551. The van der Waals surface area contributed by atoms with Crippen molar-refractivity contribution in [3.05, 3.63) is 78.9 Å². The molecule has 1 heteroatoms. The highest BCUT2D eigenvalue weighted by atomic mass is 16.5. The molecular weight excluding hydrogens is 388 g/mol. The number of para-hydroxylation sites is 1. The summed E-state index contributed by atoms with van der Waals surface area (Å²) in [6.07, 6.45) is 25.6. The molecule has 0 aromatic heterocycles. The van der Waals surface area contributed by atoms with Gasteiger partial charge in [0.05, 0.1) is 6.61 Å². The summed E-state index contributed by atoms with van der Waals surface area (Å²) in [6.45, 7) is 19.0. The number of allylic oxidation sites excluding steroid dienone is 7. The van der Waals surface area contributed by atoms with Crippen molar-refractivity contribution in [1.29, 1.82) is 0 Å². The van der Waals surface area contributed by atoms with Crippen LogP contribution in [0.1, 0.15) is 105 Å². The second kappa shape index (κ2) is 33.6. The SMILES string of the molecule is C=CCCCCC.CC.CCCCc1ccccc1OCC.C\C=C/C=C\C=C/CCC. The van der Waals surface area contributed by atoms with Crippen LogP contribution in [0.5, 0.6) is 5.75 Å². The normalized spacial score (nSPS) is 10.1. The molecule has 0 aliphatic carbocycles. The van der Waals surface area contributed by atoms with Crippen molar-refractivity contribution < 1.29 is 4.74 Å². The van der Waals surface area contributed by atoms with E-state index in [1.165, 1.54) is 56.9 Å². The number of unbranched alkanes of at least 4 members (excludes halogenated alkanes) is 5. The van der Waals surface area contributed by atoms with Gasteiger partial charge in [-0.2, -0.15) is 0 Å². The van der Waals surface area contributed by atoms with Crippen molar-refractivity contribution in [3.63, 3.8) is 0 Å². The van der Waals surface area contributed by atoms with E-state index >= 15 is 0 Å². The standard InChI is InChI=1S/C12H18O.C10H16.C7H14.C2H6/c1-3-5-8-11-9-6-7-10-12(11)13-4-2;1-3-5-7-9-10-8-6-4-2;1-3-5-7-6-4-2;1-2/h6-7,9-10H,3-5,8H2,1-2H3;3,5,7-10H,4,6H2,1-2H3;3H,1,4-7H2,2H3;1-2H3/b;5-3-,9-7-,10-8-;;. The quantitative estimate of drug-likeness (QED) is 0.168. The number of rotatable bonds is 13. The highest BCUT2D eigenvalue weighted by Gasteiger charge is 2.00. The van der Waals surface area contributed by atoms with E-state index in [9.17, 15) is 0 Å². The second-order valence-electron chi connectivity index (χ2n) is 7.06. The second-order valence-corrected chi connectivity index (χ2v) is 7.06. The van der Waals surface area contributed by atoms with Gasteiger partial charge in [0, 0.05) is 0 Å². The Labute approximate surface area is 202 Å². The van der Waals surface area contributed by atoms with Crippen LogP contribution in [0.15, 0.2) is 73.4 Å². The van der Waals surface area contributed by atoms with E-state index in [0.29, 0.717) is 0 Å². The van der Waals surface area contributed by atoms with E-state index in [0.717, 1.165) is 18.8 Å². The topological polar surface area (TPSA) is 9.23 Å². The van der Waals surface area contributed by atoms with Gasteiger partial charge in [-0.3, -0.25) is 0 Å². The molecular formula is C31H54O. The Morgan fingerprint density at radius 3 is 2.00 bits per heavy atom. The summed E-state index contributed by atoms with van der Waals surface area (Å²) in [5, 5.41) is 0. The molecule has 0 fully saturated rings. The first-order valence-electron chi connectivity index (χ1n) is 13.0. The summed E-state index contributed by atoms with van der Waals surface area (Å²) >= 11 is 0. The van der Waals surface area contributed by atoms with E-state index in [2.05, 4.69) is 63.8 Å². The number of hydrogen-bond donors (Lipinski definition) is 0. The minimum atomic E-state index is 0.753. The maximum atomic E-state index is 5.53. The van der Waals surface area contributed by atoms with Gasteiger partial charge in [0.15, 0.2) is 0 Å². The van der Waals surface area contributed by atoms with Crippen LogP contribution in [0.4, 0.5) is 0 Å². The molecule has 0 radical (unpaired) electrons. The number of ether oxygens (including phenoxy) is 1. The van der Waals surface area contributed by atoms with E-state index in [1.54, 1.807) is 0 Å². The lowest BCUT2D eigenvalue weighted by Crippen LogP contribution is -1.96. The first-order valence-corrected chi connectivity index (χ1v) is 13.0. The summed E-state index contributed by atoms with van der Waals surface area (Å²) in [6, 6.07) is 8.31. The fourth-order valence-corrected chi connectivity index (χ4v) is 2.49. The molecule has 0 heterocycles. The number of aryl methyl sites for hydroxylation is 1.